The minimum Gasteiger partial charge on any atom is -0.347 e. The van der Waals surface area contributed by atoms with Crippen LogP contribution < -0.4 is 5.32 Å². The molecule has 4 aromatic rings. The number of hydrogen-bond acceptors (Lipinski definition) is 3. The van der Waals surface area contributed by atoms with Gasteiger partial charge in [-0.2, -0.15) is 5.10 Å². The first-order valence-corrected chi connectivity index (χ1v) is 12.5. The van der Waals surface area contributed by atoms with Crippen LogP contribution >= 0.6 is 23.2 Å². The summed E-state index contributed by atoms with van der Waals surface area (Å²) in [5, 5.41) is 10.1. The molecule has 7 heteroatoms. The molecule has 3 heterocycles. The summed E-state index contributed by atoms with van der Waals surface area (Å²) in [5.41, 5.74) is 3.77. The van der Waals surface area contributed by atoms with Gasteiger partial charge in [-0.15, -0.1) is 0 Å². The van der Waals surface area contributed by atoms with Crippen molar-refractivity contribution >= 4 is 45.5 Å². The van der Waals surface area contributed by atoms with Crippen LogP contribution in [-0.4, -0.2) is 26.5 Å². The van der Waals surface area contributed by atoms with Gasteiger partial charge in [0.2, 0.25) is 0 Å². The lowest BCUT2D eigenvalue weighted by Gasteiger charge is -2.42. The largest absolute Gasteiger partial charge is 0.347 e. The molecule has 0 spiro atoms. The summed E-state index contributed by atoms with van der Waals surface area (Å²) in [6.45, 7) is 6.89. The predicted octanol–water partition coefficient (Wildman–Crippen LogP) is 6.80. The highest BCUT2D eigenvalue weighted by molar-refractivity contribution is 6.36. The van der Waals surface area contributed by atoms with Crippen LogP contribution in [0.5, 0.6) is 0 Å². The Morgan fingerprint density at radius 2 is 1.97 bits per heavy atom. The van der Waals surface area contributed by atoms with E-state index >= 15 is 0 Å². The summed E-state index contributed by atoms with van der Waals surface area (Å²) in [6, 6.07) is 13.2. The molecular formula is C27H26Cl2N4O. The molecule has 2 saturated carbocycles. The number of halogens is 2. The van der Waals surface area contributed by atoms with Crippen LogP contribution in [-0.2, 0) is 0 Å². The molecule has 0 radical (unpaired) electrons. The number of benzene rings is 1. The van der Waals surface area contributed by atoms with Gasteiger partial charge >= 0.3 is 0 Å². The predicted molar refractivity (Wildman–Crippen MR) is 136 cm³/mol. The minimum absolute atomic E-state index is 0.0699. The second-order valence-corrected chi connectivity index (χ2v) is 11.6. The van der Waals surface area contributed by atoms with Crippen LogP contribution in [0.15, 0.2) is 48.7 Å². The quantitative estimate of drug-likeness (QED) is 0.342. The molecule has 2 bridgehead atoms. The van der Waals surface area contributed by atoms with E-state index in [9.17, 15) is 4.79 Å². The van der Waals surface area contributed by atoms with Crippen molar-refractivity contribution < 1.29 is 4.79 Å². The van der Waals surface area contributed by atoms with Crippen LogP contribution in [0, 0.1) is 16.7 Å². The third-order valence-electron chi connectivity index (χ3n) is 8.31. The van der Waals surface area contributed by atoms with Crippen molar-refractivity contribution in [2.75, 3.05) is 0 Å². The Hall–Kier alpha value is -2.63. The molecular weight excluding hydrogens is 467 g/mol. The zero-order chi connectivity index (χ0) is 23.8. The lowest BCUT2D eigenvalue weighted by molar-refractivity contribution is 0.0733. The van der Waals surface area contributed by atoms with E-state index in [4.69, 9.17) is 28.3 Å². The van der Waals surface area contributed by atoms with Gasteiger partial charge in [-0.1, -0.05) is 44.0 Å². The van der Waals surface area contributed by atoms with Crippen LogP contribution in [0.3, 0.4) is 0 Å². The van der Waals surface area contributed by atoms with Crippen LogP contribution in [0.2, 0.25) is 10.0 Å². The molecule has 3 atom stereocenters. The Balaban J connectivity index is 1.47. The fourth-order valence-corrected chi connectivity index (χ4v) is 7.07. The lowest BCUT2D eigenvalue weighted by atomic mass is 9.68. The van der Waals surface area contributed by atoms with Gasteiger partial charge in [0.15, 0.2) is 5.69 Å². The van der Waals surface area contributed by atoms with Gasteiger partial charge in [0.25, 0.3) is 5.91 Å². The highest BCUT2D eigenvalue weighted by atomic mass is 35.5. The SMILES string of the molecule is CC12CCC(C1)C(C)(C)[C@H]2NC(=O)c1cc2c3cccnc3cc(-c3ccc(Cl)cc3Cl)n2n1. The van der Waals surface area contributed by atoms with E-state index < -0.39 is 0 Å². The summed E-state index contributed by atoms with van der Waals surface area (Å²) in [7, 11) is 0. The molecule has 0 saturated heterocycles. The molecule has 1 amide bonds. The van der Waals surface area contributed by atoms with Crippen molar-refractivity contribution in [1.29, 1.82) is 0 Å². The van der Waals surface area contributed by atoms with Gasteiger partial charge in [-0.25, -0.2) is 4.52 Å². The minimum atomic E-state index is -0.138. The second kappa shape index (κ2) is 7.43. The van der Waals surface area contributed by atoms with E-state index in [1.165, 1.54) is 12.8 Å². The number of aromatic nitrogens is 3. The number of hydrogen-bond donors (Lipinski definition) is 1. The Labute approximate surface area is 208 Å². The normalized spacial score (nSPS) is 25.3. The fraction of sp³-hybridized carbons (Fsp3) is 0.370. The number of carbonyl (C=O) groups excluding carboxylic acids is 1. The number of rotatable bonds is 3. The van der Waals surface area contributed by atoms with Gasteiger partial charge in [-0.3, -0.25) is 9.78 Å². The first kappa shape index (κ1) is 21.9. The summed E-state index contributed by atoms with van der Waals surface area (Å²) in [6.07, 6.45) is 5.33. The third-order valence-corrected chi connectivity index (χ3v) is 8.86. The van der Waals surface area contributed by atoms with Gasteiger partial charge < -0.3 is 5.32 Å². The molecule has 2 aliphatic carbocycles. The molecule has 2 fully saturated rings. The Morgan fingerprint density at radius 3 is 2.71 bits per heavy atom. The first-order chi connectivity index (χ1) is 16.2. The molecule has 0 aliphatic heterocycles. The number of pyridine rings is 2. The maximum Gasteiger partial charge on any atom is 0.272 e. The molecule has 1 N–H and O–H groups in total. The van der Waals surface area contributed by atoms with Crippen molar-refractivity contribution in [2.45, 2.75) is 46.1 Å². The number of amides is 1. The second-order valence-electron chi connectivity index (χ2n) is 10.7. The van der Waals surface area contributed by atoms with Crippen molar-refractivity contribution in [3.8, 4) is 11.3 Å². The van der Waals surface area contributed by atoms with E-state index in [-0.39, 0.29) is 22.8 Å². The van der Waals surface area contributed by atoms with Crippen molar-refractivity contribution in [3.63, 3.8) is 0 Å². The van der Waals surface area contributed by atoms with E-state index in [1.807, 2.05) is 30.3 Å². The molecule has 174 valence electrons. The number of nitrogens with one attached hydrogen (secondary N) is 1. The maximum absolute atomic E-state index is 13.5. The topological polar surface area (TPSA) is 59.3 Å². The van der Waals surface area contributed by atoms with E-state index in [0.29, 0.717) is 21.7 Å². The fourth-order valence-electron chi connectivity index (χ4n) is 6.56. The summed E-state index contributed by atoms with van der Waals surface area (Å²) >= 11 is 12.7. The highest BCUT2D eigenvalue weighted by Crippen LogP contribution is 2.62. The molecule has 2 aliphatic rings. The molecule has 3 aromatic heterocycles. The smallest absolute Gasteiger partial charge is 0.272 e. The zero-order valence-electron chi connectivity index (χ0n) is 19.4. The van der Waals surface area contributed by atoms with Crippen molar-refractivity contribution in [2.24, 2.45) is 16.7 Å². The Bertz CT molecular complexity index is 1470. The Kier molecular flexibility index (Phi) is 4.78. The van der Waals surface area contributed by atoms with E-state index in [1.54, 1.807) is 22.8 Å². The standard InChI is InChI=1S/C27H26Cl2N4O/c1-26(2)15-8-9-27(3,14-15)25(26)31-24(34)21-13-23-18-5-4-10-30-20(18)12-22(33(23)32-21)17-7-6-16(28)11-19(17)29/h4-7,10-13,15,25H,8-9,14H2,1-3H3,(H,31,34)/t15?,25-,27?/m1/s1. The van der Waals surface area contributed by atoms with E-state index in [2.05, 4.69) is 31.1 Å². The summed E-state index contributed by atoms with van der Waals surface area (Å²) < 4.78 is 1.79. The first-order valence-electron chi connectivity index (χ1n) is 11.7. The van der Waals surface area contributed by atoms with Gasteiger partial charge in [0.05, 0.1) is 21.7 Å². The molecule has 5 nitrogen and oxygen atoms in total. The van der Waals surface area contributed by atoms with Gasteiger partial charge in [-0.05, 0) is 78.5 Å². The van der Waals surface area contributed by atoms with Crippen LogP contribution in [0.1, 0.15) is 50.5 Å². The van der Waals surface area contributed by atoms with Gasteiger partial charge in [0, 0.05) is 28.2 Å². The average Bonchev–Trinajstić information content (AvgIpc) is 3.46. The number of nitrogens with zero attached hydrogens (tertiary/aromatic N) is 3. The lowest BCUT2D eigenvalue weighted by Crippen LogP contribution is -2.52. The number of carbonyl (C=O) groups is 1. The summed E-state index contributed by atoms with van der Waals surface area (Å²) in [5.74, 6) is 0.512. The Morgan fingerprint density at radius 1 is 1.15 bits per heavy atom. The number of fused-ring (bicyclic) bond motifs is 5. The van der Waals surface area contributed by atoms with Gasteiger partial charge in [0.1, 0.15) is 0 Å². The summed E-state index contributed by atoms with van der Waals surface area (Å²) in [4.78, 5) is 18.1. The maximum atomic E-state index is 13.5. The average molecular weight is 493 g/mol. The zero-order valence-corrected chi connectivity index (χ0v) is 20.9. The molecule has 2 unspecified atom stereocenters. The van der Waals surface area contributed by atoms with Crippen molar-refractivity contribution in [1.82, 2.24) is 19.9 Å². The van der Waals surface area contributed by atoms with Crippen LogP contribution in [0.25, 0.3) is 27.7 Å². The molecule has 6 rings (SSSR count). The van der Waals surface area contributed by atoms with Crippen molar-refractivity contribution in [3.05, 3.63) is 64.4 Å². The monoisotopic (exact) mass is 492 g/mol. The van der Waals surface area contributed by atoms with E-state index in [0.717, 1.165) is 34.1 Å². The highest BCUT2D eigenvalue weighted by Gasteiger charge is 2.59. The molecule has 1 aromatic carbocycles. The van der Waals surface area contributed by atoms with Crippen LogP contribution in [0.4, 0.5) is 0 Å². The molecule has 34 heavy (non-hydrogen) atoms. The third kappa shape index (κ3) is 3.17.